The molecule has 1 aromatic carbocycles. The highest BCUT2D eigenvalue weighted by Gasteiger charge is 2.11. The highest BCUT2D eigenvalue weighted by atomic mass is 19.1. The van der Waals surface area contributed by atoms with Crippen LogP contribution in [0, 0.1) is 5.82 Å². The molecule has 15 heavy (non-hydrogen) atoms. The summed E-state index contributed by atoms with van der Waals surface area (Å²) in [5.74, 6) is -0.212. The molecule has 0 aliphatic carbocycles. The van der Waals surface area contributed by atoms with Crippen LogP contribution in [0.25, 0.3) is 0 Å². The van der Waals surface area contributed by atoms with Crippen molar-refractivity contribution in [3.05, 3.63) is 29.6 Å². The highest BCUT2D eigenvalue weighted by molar-refractivity contribution is 5.49. The van der Waals surface area contributed by atoms with Gasteiger partial charge in [0.2, 0.25) is 0 Å². The van der Waals surface area contributed by atoms with Gasteiger partial charge < -0.3 is 16.0 Å². The van der Waals surface area contributed by atoms with E-state index in [4.69, 9.17) is 5.73 Å². The Bertz CT molecular complexity index is 335. The van der Waals surface area contributed by atoms with Crippen LogP contribution in [0.4, 0.5) is 10.1 Å². The lowest BCUT2D eigenvalue weighted by Gasteiger charge is -2.29. The fraction of sp³-hybridized carbons (Fsp3) is 0.455. The third kappa shape index (κ3) is 2.27. The first-order chi connectivity index (χ1) is 7.31. The Morgan fingerprint density at radius 1 is 1.33 bits per heavy atom. The van der Waals surface area contributed by atoms with E-state index >= 15 is 0 Å². The number of nitrogens with one attached hydrogen (secondary N) is 1. The molecule has 0 unspecified atom stereocenters. The average Bonchev–Trinajstić information content (AvgIpc) is 2.31. The van der Waals surface area contributed by atoms with E-state index in [0.29, 0.717) is 5.56 Å². The number of halogens is 1. The molecule has 1 aliphatic heterocycles. The number of hydrogen-bond donors (Lipinski definition) is 2. The number of benzene rings is 1. The molecule has 0 atom stereocenters. The van der Waals surface area contributed by atoms with Gasteiger partial charge in [-0.15, -0.1) is 0 Å². The average molecular weight is 209 g/mol. The van der Waals surface area contributed by atoms with E-state index in [9.17, 15) is 4.39 Å². The predicted molar refractivity (Wildman–Crippen MR) is 59.4 cm³/mol. The molecule has 1 aliphatic rings. The third-order valence-corrected chi connectivity index (χ3v) is 2.73. The van der Waals surface area contributed by atoms with Gasteiger partial charge >= 0.3 is 0 Å². The molecule has 0 amide bonds. The summed E-state index contributed by atoms with van der Waals surface area (Å²) in [4.78, 5) is 2.25. The Hall–Kier alpha value is -1.13. The van der Waals surface area contributed by atoms with Crippen LogP contribution in [0.5, 0.6) is 0 Å². The van der Waals surface area contributed by atoms with Crippen molar-refractivity contribution in [2.24, 2.45) is 5.73 Å². The standard InChI is InChI=1S/C11H16FN3/c12-11-2-1-10(7-9(11)8-13)15-5-3-14-4-6-15/h1-2,7,14H,3-6,8,13H2. The van der Waals surface area contributed by atoms with Gasteiger partial charge in [-0.1, -0.05) is 0 Å². The zero-order valence-corrected chi connectivity index (χ0v) is 8.67. The minimum absolute atomic E-state index is 0.212. The van der Waals surface area contributed by atoms with Gasteiger partial charge in [-0.2, -0.15) is 0 Å². The first-order valence-electron chi connectivity index (χ1n) is 5.25. The Labute approximate surface area is 89.1 Å². The SMILES string of the molecule is NCc1cc(N2CCNCC2)ccc1F. The van der Waals surface area contributed by atoms with Crippen molar-refractivity contribution in [3.8, 4) is 0 Å². The normalized spacial score (nSPS) is 16.8. The molecule has 3 nitrogen and oxygen atoms in total. The number of piperazine rings is 1. The summed E-state index contributed by atoms with van der Waals surface area (Å²) >= 11 is 0. The molecule has 82 valence electrons. The van der Waals surface area contributed by atoms with Gasteiger partial charge in [0.15, 0.2) is 0 Å². The topological polar surface area (TPSA) is 41.3 Å². The predicted octanol–water partition coefficient (Wildman–Crippen LogP) is 0.694. The molecule has 0 bridgehead atoms. The molecule has 1 aromatic rings. The monoisotopic (exact) mass is 209 g/mol. The second-order valence-electron chi connectivity index (χ2n) is 3.72. The Morgan fingerprint density at radius 3 is 2.73 bits per heavy atom. The fourth-order valence-electron chi connectivity index (χ4n) is 1.84. The molecule has 0 spiro atoms. The van der Waals surface area contributed by atoms with Gasteiger partial charge in [0.1, 0.15) is 5.82 Å². The zero-order chi connectivity index (χ0) is 10.7. The zero-order valence-electron chi connectivity index (χ0n) is 8.67. The minimum atomic E-state index is -0.212. The molecular formula is C11H16FN3. The molecule has 3 N–H and O–H groups in total. The number of nitrogens with two attached hydrogens (primary N) is 1. The van der Waals surface area contributed by atoms with Crippen molar-refractivity contribution in [2.75, 3.05) is 31.1 Å². The maximum Gasteiger partial charge on any atom is 0.127 e. The van der Waals surface area contributed by atoms with Crippen molar-refractivity contribution in [1.82, 2.24) is 5.32 Å². The molecule has 4 heteroatoms. The lowest BCUT2D eigenvalue weighted by molar-refractivity contribution is 0.585. The van der Waals surface area contributed by atoms with Crippen LogP contribution in [-0.4, -0.2) is 26.2 Å². The number of nitrogens with zero attached hydrogens (tertiary/aromatic N) is 1. The Balaban J connectivity index is 2.20. The van der Waals surface area contributed by atoms with Crippen LogP contribution in [0.15, 0.2) is 18.2 Å². The summed E-state index contributed by atoms with van der Waals surface area (Å²) in [5.41, 5.74) is 7.14. The van der Waals surface area contributed by atoms with Crippen LogP contribution >= 0.6 is 0 Å². The second-order valence-corrected chi connectivity index (χ2v) is 3.72. The maximum absolute atomic E-state index is 13.2. The van der Waals surface area contributed by atoms with E-state index in [0.717, 1.165) is 31.9 Å². The van der Waals surface area contributed by atoms with Gasteiger partial charge in [0.25, 0.3) is 0 Å². The van der Waals surface area contributed by atoms with Crippen LogP contribution in [0.3, 0.4) is 0 Å². The van der Waals surface area contributed by atoms with E-state index in [1.165, 1.54) is 6.07 Å². The summed E-state index contributed by atoms with van der Waals surface area (Å²) < 4.78 is 13.2. The Kier molecular flexibility index (Phi) is 3.18. The summed E-state index contributed by atoms with van der Waals surface area (Å²) in [6.07, 6.45) is 0. The van der Waals surface area contributed by atoms with Crippen molar-refractivity contribution in [3.63, 3.8) is 0 Å². The number of hydrogen-bond acceptors (Lipinski definition) is 3. The molecule has 1 heterocycles. The Morgan fingerprint density at radius 2 is 2.07 bits per heavy atom. The van der Waals surface area contributed by atoms with Gasteiger partial charge in [-0.05, 0) is 18.2 Å². The van der Waals surface area contributed by atoms with E-state index in [1.807, 2.05) is 12.1 Å². The largest absolute Gasteiger partial charge is 0.369 e. The molecule has 0 saturated carbocycles. The van der Waals surface area contributed by atoms with Crippen LogP contribution in [0.1, 0.15) is 5.56 Å². The first-order valence-corrected chi connectivity index (χ1v) is 5.25. The van der Waals surface area contributed by atoms with Gasteiger partial charge in [0.05, 0.1) is 0 Å². The lowest BCUT2D eigenvalue weighted by atomic mass is 10.1. The van der Waals surface area contributed by atoms with E-state index in [-0.39, 0.29) is 12.4 Å². The van der Waals surface area contributed by atoms with Gasteiger partial charge in [-0.3, -0.25) is 0 Å². The van der Waals surface area contributed by atoms with E-state index in [2.05, 4.69) is 10.2 Å². The molecule has 0 radical (unpaired) electrons. The van der Waals surface area contributed by atoms with Gasteiger partial charge in [0, 0.05) is 44.0 Å². The molecule has 0 aromatic heterocycles. The molecule has 1 saturated heterocycles. The molecular weight excluding hydrogens is 193 g/mol. The summed E-state index contributed by atoms with van der Waals surface area (Å²) in [7, 11) is 0. The van der Waals surface area contributed by atoms with Crippen molar-refractivity contribution in [2.45, 2.75) is 6.54 Å². The van der Waals surface area contributed by atoms with Crippen molar-refractivity contribution < 1.29 is 4.39 Å². The van der Waals surface area contributed by atoms with E-state index in [1.54, 1.807) is 0 Å². The van der Waals surface area contributed by atoms with E-state index < -0.39 is 0 Å². The maximum atomic E-state index is 13.2. The van der Waals surface area contributed by atoms with Gasteiger partial charge in [-0.25, -0.2) is 4.39 Å². The number of rotatable bonds is 2. The highest BCUT2D eigenvalue weighted by Crippen LogP contribution is 2.18. The van der Waals surface area contributed by atoms with Crippen LogP contribution in [0.2, 0.25) is 0 Å². The smallest absolute Gasteiger partial charge is 0.127 e. The summed E-state index contributed by atoms with van der Waals surface area (Å²) in [6.45, 7) is 4.15. The van der Waals surface area contributed by atoms with Crippen LogP contribution in [-0.2, 0) is 6.54 Å². The summed E-state index contributed by atoms with van der Waals surface area (Å²) in [6, 6.07) is 5.17. The molecule has 2 rings (SSSR count). The summed E-state index contributed by atoms with van der Waals surface area (Å²) in [5, 5.41) is 3.28. The van der Waals surface area contributed by atoms with Crippen molar-refractivity contribution in [1.29, 1.82) is 0 Å². The molecule has 1 fully saturated rings. The minimum Gasteiger partial charge on any atom is -0.369 e. The third-order valence-electron chi connectivity index (χ3n) is 2.73. The quantitative estimate of drug-likeness (QED) is 0.753. The second kappa shape index (κ2) is 4.59. The first kappa shape index (κ1) is 10.4. The number of anilines is 1. The van der Waals surface area contributed by atoms with Crippen molar-refractivity contribution >= 4 is 5.69 Å². The van der Waals surface area contributed by atoms with Crippen LogP contribution < -0.4 is 16.0 Å². The fourth-order valence-corrected chi connectivity index (χ4v) is 1.84. The lowest BCUT2D eigenvalue weighted by Crippen LogP contribution is -2.43.